The van der Waals surface area contributed by atoms with Crippen molar-refractivity contribution in [3.05, 3.63) is 47.3 Å². The summed E-state index contributed by atoms with van der Waals surface area (Å²) < 4.78 is 5.74. The summed E-state index contributed by atoms with van der Waals surface area (Å²) in [6.07, 6.45) is 3.37. The van der Waals surface area contributed by atoms with Crippen LogP contribution in [-0.4, -0.2) is 9.97 Å². The van der Waals surface area contributed by atoms with Crippen LogP contribution in [-0.2, 0) is 6.54 Å². The normalized spacial score (nSPS) is 10.8. The lowest BCUT2D eigenvalue weighted by molar-refractivity contribution is 0.437. The molecule has 2 N–H and O–H groups in total. The Morgan fingerprint density at radius 3 is 2.47 bits per heavy atom. The molecule has 4 heteroatoms. The molecule has 0 spiro atoms. The Hall–Kier alpha value is -1.94. The molecule has 0 aliphatic heterocycles. The molecule has 0 saturated heterocycles. The zero-order chi connectivity index (χ0) is 13.8. The number of benzene rings is 1. The van der Waals surface area contributed by atoms with Crippen molar-refractivity contribution in [2.24, 2.45) is 5.73 Å². The molecular weight excluding hydrogens is 238 g/mol. The van der Waals surface area contributed by atoms with Crippen LogP contribution in [0, 0.1) is 6.92 Å². The average molecular weight is 257 g/mol. The first-order valence-corrected chi connectivity index (χ1v) is 6.39. The van der Waals surface area contributed by atoms with Gasteiger partial charge in [0.1, 0.15) is 5.75 Å². The van der Waals surface area contributed by atoms with E-state index in [1.54, 1.807) is 12.4 Å². The van der Waals surface area contributed by atoms with E-state index in [4.69, 9.17) is 10.5 Å². The maximum Gasteiger partial charge on any atom is 0.321 e. The molecule has 4 nitrogen and oxygen atoms in total. The first-order valence-electron chi connectivity index (χ1n) is 6.39. The van der Waals surface area contributed by atoms with Gasteiger partial charge in [0.15, 0.2) is 0 Å². The highest BCUT2D eigenvalue weighted by Crippen LogP contribution is 2.27. The van der Waals surface area contributed by atoms with E-state index >= 15 is 0 Å². The van der Waals surface area contributed by atoms with Gasteiger partial charge in [-0.1, -0.05) is 26.0 Å². The van der Waals surface area contributed by atoms with Crippen LogP contribution in [0.1, 0.15) is 36.5 Å². The Bertz CT molecular complexity index is 550. The van der Waals surface area contributed by atoms with Crippen molar-refractivity contribution in [3.8, 4) is 11.8 Å². The molecule has 1 heterocycles. The van der Waals surface area contributed by atoms with Gasteiger partial charge in [0.05, 0.1) is 0 Å². The molecule has 0 unspecified atom stereocenters. The van der Waals surface area contributed by atoms with Gasteiger partial charge in [-0.15, -0.1) is 0 Å². The lowest BCUT2D eigenvalue weighted by Gasteiger charge is -2.11. The molecule has 2 rings (SSSR count). The number of ether oxygens (including phenoxy) is 1. The minimum absolute atomic E-state index is 0.348. The Morgan fingerprint density at radius 1 is 1.21 bits per heavy atom. The third-order valence-corrected chi connectivity index (χ3v) is 3.00. The molecule has 100 valence electrons. The van der Waals surface area contributed by atoms with E-state index in [-0.39, 0.29) is 0 Å². The molecule has 0 saturated carbocycles. The van der Waals surface area contributed by atoms with Crippen molar-refractivity contribution in [3.63, 3.8) is 0 Å². The summed E-state index contributed by atoms with van der Waals surface area (Å²) in [4.78, 5) is 8.29. The van der Waals surface area contributed by atoms with Gasteiger partial charge in [-0.2, -0.15) is 0 Å². The number of nitrogens with two attached hydrogens (primary N) is 1. The highest BCUT2D eigenvalue weighted by molar-refractivity contribution is 5.39. The fourth-order valence-electron chi connectivity index (χ4n) is 1.69. The van der Waals surface area contributed by atoms with Crippen molar-refractivity contribution >= 4 is 0 Å². The Kier molecular flexibility index (Phi) is 4.12. The quantitative estimate of drug-likeness (QED) is 0.914. The highest BCUT2D eigenvalue weighted by Gasteiger charge is 2.07. The third kappa shape index (κ3) is 3.29. The Balaban J connectivity index is 2.23. The molecular formula is C15H19N3O. The topological polar surface area (TPSA) is 61.0 Å². The Labute approximate surface area is 113 Å². The van der Waals surface area contributed by atoms with E-state index in [0.29, 0.717) is 18.5 Å². The highest BCUT2D eigenvalue weighted by atomic mass is 16.5. The van der Waals surface area contributed by atoms with E-state index in [0.717, 1.165) is 16.9 Å². The summed E-state index contributed by atoms with van der Waals surface area (Å²) in [5.74, 6) is 1.26. The van der Waals surface area contributed by atoms with Crippen LogP contribution in [0.3, 0.4) is 0 Å². The lowest BCUT2D eigenvalue weighted by Crippen LogP contribution is -2.00. The first kappa shape index (κ1) is 13.5. The molecule has 0 aliphatic rings. The van der Waals surface area contributed by atoms with Gasteiger partial charge >= 0.3 is 6.01 Å². The second-order valence-corrected chi connectivity index (χ2v) is 4.86. The monoisotopic (exact) mass is 257 g/mol. The van der Waals surface area contributed by atoms with Crippen LogP contribution in [0.4, 0.5) is 0 Å². The third-order valence-electron chi connectivity index (χ3n) is 3.00. The molecule has 0 amide bonds. The van der Waals surface area contributed by atoms with Crippen LogP contribution >= 0.6 is 0 Å². The zero-order valence-corrected chi connectivity index (χ0v) is 11.6. The van der Waals surface area contributed by atoms with Crippen LogP contribution < -0.4 is 10.5 Å². The van der Waals surface area contributed by atoms with E-state index in [1.165, 1.54) is 5.56 Å². The standard InChI is InChI=1S/C15H19N3O/c1-10(2)13-5-4-11(3)14(6-13)19-15-17-8-12(7-16)9-18-15/h4-6,8-10H,7,16H2,1-3H3. The summed E-state index contributed by atoms with van der Waals surface area (Å²) >= 11 is 0. The molecule has 0 atom stereocenters. The number of nitrogens with zero attached hydrogens (tertiary/aromatic N) is 2. The summed E-state index contributed by atoms with van der Waals surface area (Å²) in [7, 11) is 0. The fourth-order valence-corrected chi connectivity index (χ4v) is 1.69. The molecule has 0 aliphatic carbocycles. The van der Waals surface area contributed by atoms with E-state index < -0.39 is 0 Å². The molecule has 19 heavy (non-hydrogen) atoms. The van der Waals surface area contributed by atoms with Gasteiger partial charge in [0, 0.05) is 24.5 Å². The van der Waals surface area contributed by atoms with Crippen molar-refractivity contribution in [2.45, 2.75) is 33.2 Å². The van der Waals surface area contributed by atoms with E-state index in [9.17, 15) is 0 Å². The minimum Gasteiger partial charge on any atom is -0.424 e. The second-order valence-electron chi connectivity index (χ2n) is 4.86. The predicted octanol–water partition coefficient (Wildman–Crippen LogP) is 3.16. The summed E-state index contributed by atoms with van der Waals surface area (Å²) in [6, 6.07) is 6.56. The van der Waals surface area contributed by atoms with Crippen LogP contribution in [0.15, 0.2) is 30.6 Å². The number of hydrogen-bond acceptors (Lipinski definition) is 4. The minimum atomic E-state index is 0.348. The Morgan fingerprint density at radius 2 is 1.89 bits per heavy atom. The number of aryl methyl sites for hydroxylation is 1. The van der Waals surface area contributed by atoms with Gasteiger partial charge in [-0.05, 0) is 30.0 Å². The lowest BCUT2D eigenvalue weighted by atomic mass is 10.0. The molecule has 0 radical (unpaired) electrons. The van der Waals surface area contributed by atoms with Crippen molar-refractivity contribution < 1.29 is 4.74 Å². The van der Waals surface area contributed by atoms with Crippen LogP contribution in [0.2, 0.25) is 0 Å². The number of hydrogen-bond donors (Lipinski definition) is 1. The van der Waals surface area contributed by atoms with Crippen molar-refractivity contribution in [1.82, 2.24) is 9.97 Å². The average Bonchev–Trinajstić information content (AvgIpc) is 2.42. The second kappa shape index (κ2) is 5.80. The molecule has 0 fully saturated rings. The number of rotatable bonds is 4. The van der Waals surface area contributed by atoms with Gasteiger partial charge in [-0.25, -0.2) is 9.97 Å². The molecule has 0 bridgehead atoms. The van der Waals surface area contributed by atoms with Crippen LogP contribution in [0.5, 0.6) is 11.8 Å². The van der Waals surface area contributed by atoms with Gasteiger partial charge < -0.3 is 10.5 Å². The maximum atomic E-state index is 5.74. The van der Waals surface area contributed by atoms with Gasteiger partial charge in [0.2, 0.25) is 0 Å². The first-order chi connectivity index (χ1) is 9.10. The number of aromatic nitrogens is 2. The van der Waals surface area contributed by atoms with Gasteiger partial charge in [-0.3, -0.25) is 0 Å². The molecule has 1 aromatic carbocycles. The predicted molar refractivity (Wildman–Crippen MR) is 75.3 cm³/mol. The summed E-state index contributed by atoms with van der Waals surface area (Å²) in [5.41, 5.74) is 8.70. The van der Waals surface area contributed by atoms with E-state index in [1.807, 2.05) is 13.0 Å². The maximum absolute atomic E-state index is 5.74. The summed E-state index contributed by atoms with van der Waals surface area (Å²) in [5, 5.41) is 0. The van der Waals surface area contributed by atoms with Crippen molar-refractivity contribution in [1.29, 1.82) is 0 Å². The van der Waals surface area contributed by atoms with Crippen molar-refractivity contribution in [2.75, 3.05) is 0 Å². The van der Waals surface area contributed by atoms with E-state index in [2.05, 4.69) is 35.9 Å². The van der Waals surface area contributed by atoms with Crippen LogP contribution in [0.25, 0.3) is 0 Å². The molecule has 2 aromatic rings. The zero-order valence-electron chi connectivity index (χ0n) is 11.6. The van der Waals surface area contributed by atoms with Gasteiger partial charge in [0.25, 0.3) is 0 Å². The summed E-state index contributed by atoms with van der Waals surface area (Å²) in [6.45, 7) is 6.75. The SMILES string of the molecule is Cc1ccc(C(C)C)cc1Oc1ncc(CN)cn1. The largest absolute Gasteiger partial charge is 0.424 e. The fraction of sp³-hybridized carbons (Fsp3) is 0.333. The smallest absolute Gasteiger partial charge is 0.321 e. The molecule has 1 aromatic heterocycles.